The van der Waals surface area contributed by atoms with Gasteiger partial charge in [-0.2, -0.15) is 0 Å². The van der Waals surface area contributed by atoms with E-state index in [2.05, 4.69) is 22.0 Å². The Labute approximate surface area is 170 Å². The van der Waals surface area contributed by atoms with E-state index in [-0.39, 0.29) is 12.3 Å². The smallest absolute Gasteiger partial charge is 0.303 e. The van der Waals surface area contributed by atoms with Gasteiger partial charge in [0, 0.05) is 27.6 Å². The van der Waals surface area contributed by atoms with Gasteiger partial charge in [-0.15, -0.1) is 22.7 Å². The molecule has 0 radical (unpaired) electrons. The summed E-state index contributed by atoms with van der Waals surface area (Å²) in [6.45, 7) is 0.340. The highest BCUT2D eigenvalue weighted by Gasteiger charge is 2.31. The number of nitrogens with zero attached hydrogens (tertiary/aromatic N) is 1. The Morgan fingerprint density at radius 3 is 2.64 bits per heavy atom. The van der Waals surface area contributed by atoms with Crippen LogP contribution in [-0.2, 0) is 9.59 Å². The molecule has 1 saturated heterocycles. The third kappa shape index (κ3) is 4.59. The molecule has 4 nitrogen and oxygen atoms in total. The van der Waals surface area contributed by atoms with Crippen LogP contribution in [0.5, 0.6) is 0 Å². The molecular weight excluding hydrogens is 462 g/mol. The molecule has 0 saturated carbocycles. The molecule has 3 heterocycles. The van der Waals surface area contributed by atoms with Crippen LogP contribution in [0.4, 0.5) is 0 Å². The Morgan fingerprint density at radius 2 is 1.96 bits per heavy atom. The lowest BCUT2D eigenvalue weighted by molar-refractivity contribution is -0.137. The van der Waals surface area contributed by atoms with Gasteiger partial charge in [0.25, 0.3) is 5.91 Å². The number of thiophene rings is 2. The summed E-state index contributed by atoms with van der Waals surface area (Å²) in [6.07, 6.45) is 2.28. The fraction of sp³-hybridized carbons (Fsp3) is 0.188. The van der Waals surface area contributed by atoms with E-state index >= 15 is 0 Å². The molecule has 1 aliphatic rings. The lowest BCUT2D eigenvalue weighted by Crippen LogP contribution is -2.29. The molecule has 130 valence electrons. The van der Waals surface area contributed by atoms with Gasteiger partial charge in [0.2, 0.25) is 0 Å². The number of carbonyl (C=O) groups excluding carboxylic acids is 1. The second-order valence-electron chi connectivity index (χ2n) is 5.14. The average molecular weight is 474 g/mol. The van der Waals surface area contributed by atoms with Crippen molar-refractivity contribution in [3.05, 3.63) is 37.8 Å². The highest BCUT2D eigenvalue weighted by Crippen LogP contribution is 2.38. The molecule has 25 heavy (non-hydrogen) atoms. The van der Waals surface area contributed by atoms with Gasteiger partial charge < -0.3 is 5.11 Å². The molecule has 2 aromatic heterocycles. The first-order valence-electron chi connectivity index (χ1n) is 7.27. The number of carbonyl (C=O) groups is 2. The largest absolute Gasteiger partial charge is 0.481 e. The van der Waals surface area contributed by atoms with Gasteiger partial charge in [-0.3, -0.25) is 14.5 Å². The second kappa shape index (κ2) is 8.13. The average Bonchev–Trinajstić information content (AvgIpc) is 3.23. The first-order chi connectivity index (χ1) is 11.9. The van der Waals surface area contributed by atoms with Crippen LogP contribution in [0.25, 0.3) is 15.8 Å². The van der Waals surface area contributed by atoms with Crippen molar-refractivity contribution in [2.75, 3.05) is 6.54 Å². The molecule has 0 aliphatic carbocycles. The predicted octanol–water partition coefficient (Wildman–Crippen LogP) is 5.31. The fourth-order valence-corrected chi connectivity index (χ4v) is 6.02. The van der Waals surface area contributed by atoms with Crippen molar-refractivity contribution in [2.45, 2.75) is 12.8 Å². The Morgan fingerprint density at radius 1 is 1.24 bits per heavy atom. The molecule has 0 unspecified atom stereocenters. The lowest BCUT2D eigenvalue weighted by atomic mass is 10.3. The number of hydrogen-bond acceptors (Lipinski definition) is 6. The van der Waals surface area contributed by atoms with Gasteiger partial charge in [-0.1, -0.05) is 24.0 Å². The van der Waals surface area contributed by atoms with Crippen molar-refractivity contribution >= 4 is 84.9 Å². The van der Waals surface area contributed by atoms with Crippen LogP contribution in [0.2, 0.25) is 0 Å². The molecule has 1 aliphatic heterocycles. The molecular formula is C16H12BrNO3S4. The molecule has 1 N–H and O–H groups in total. The zero-order chi connectivity index (χ0) is 18.0. The molecule has 1 amide bonds. The van der Waals surface area contributed by atoms with Gasteiger partial charge in [0.05, 0.1) is 8.69 Å². The topological polar surface area (TPSA) is 57.6 Å². The maximum Gasteiger partial charge on any atom is 0.303 e. The van der Waals surface area contributed by atoms with E-state index in [1.807, 2.05) is 24.3 Å². The van der Waals surface area contributed by atoms with Gasteiger partial charge in [0.15, 0.2) is 0 Å². The van der Waals surface area contributed by atoms with Crippen molar-refractivity contribution < 1.29 is 14.7 Å². The van der Waals surface area contributed by atoms with Crippen LogP contribution in [0, 0.1) is 0 Å². The second-order valence-corrected chi connectivity index (χ2v) is 10.4. The number of carboxylic acids is 1. The van der Waals surface area contributed by atoms with Gasteiger partial charge >= 0.3 is 5.97 Å². The van der Waals surface area contributed by atoms with E-state index in [0.29, 0.717) is 22.2 Å². The highest BCUT2D eigenvalue weighted by atomic mass is 79.9. The molecule has 0 bridgehead atoms. The summed E-state index contributed by atoms with van der Waals surface area (Å²) < 4.78 is 1.57. The number of thiocarbonyl (C=S) groups is 1. The molecule has 3 rings (SSSR count). The van der Waals surface area contributed by atoms with Crippen LogP contribution < -0.4 is 0 Å². The quantitative estimate of drug-likeness (QED) is 0.455. The third-order valence-corrected chi connectivity index (χ3v) is 7.59. The van der Waals surface area contributed by atoms with Gasteiger partial charge in [0.1, 0.15) is 4.32 Å². The maximum atomic E-state index is 12.5. The van der Waals surface area contributed by atoms with Crippen LogP contribution >= 0.6 is 62.6 Å². The van der Waals surface area contributed by atoms with Crippen molar-refractivity contribution in [2.24, 2.45) is 0 Å². The van der Waals surface area contributed by atoms with Crippen LogP contribution in [0.1, 0.15) is 17.7 Å². The molecule has 0 aromatic carbocycles. The van der Waals surface area contributed by atoms with E-state index in [1.165, 1.54) is 21.5 Å². The first-order valence-corrected chi connectivity index (χ1v) is 10.9. The molecule has 0 spiro atoms. The summed E-state index contributed by atoms with van der Waals surface area (Å²) in [4.78, 5) is 28.5. The number of thioether (sulfide) groups is 1. The lowest BCUT2D eigenvalue weighted by Gasteiger charge is -2.13. The zero-order valence-electron chi connectivity index (χ0n) is 12.7. The molecule has 0 atom stereocenters. The van der Waals surface area contributed by atoms with E-state index in [4.69, 9.17) is 17.3 Å². The standard InChI is InChI=1S/C16H12BrNO3S4/c17-13-6-5-11(24-13)10-4-3-9(23-10)8-12-15(21)18(16(22)25-12)7-1-2-14(19)20/h3-6,8H,1-2,7H2,(H,19,20)/b12-8+. The van der Waals surface area contributed by atoms with Gasteiger partial charge in [-0.05, 0) is 52.7 Å². The highest BCUT2D eigenvalue weighted by molar-refractivity contribution is 9.11. The number of rotatable bonds is 6. The normalized spacial score (nSPS) is 16.2. The van der Waals surface area contributed by atoms with E-state index in [9.17, 15) is 9.59 Å². The SMILES string of the molecule is O=C(O)CCCN1C(=O)/C(=C\c2ccc(-c3ccc(Br)s3)s2)SC1=S. The monoisotopic (exact) mass is 473 g/mol. The maximum absolute atomic E-state index is 12.5. The molecule has 9 heteroatoms. The zero-order valence-corrected chi connectivity index (χ0v) is 17.6. The minimum Gasteiger partial charge on any atom is -0.481 e. The fourth-order valence-electron chi connectivity index (χ4n) is 2.22. The summed E-state index contributed by atoms with van der Waals surface area (Å²) >= 11 is 13.3. The molecule has 2 aromatic rings. The van der Waals surface area contributed by atoms with Crippen LogP contribution in [-0.4, -0.2) is 32.7 Å². The Balaban J connectivity index is 1.71. The van der Waals surface area contributed by atoms with E-state index in [0.717, 1.165) is 13.5 Å². The van der Waals surface area contributed by atoms with E-state index in [1.54, 1.807) is 22.7 Å². The van der Waals surface area contributed by atoms with Crippen molar-refractivity contribution in [1.29, 1.82) is 0 Å². The van der Waals surface area contributed by atoms with Crippen molar-refractivity contribution in [3.63, 3.8) is 0 Å². The summed E-state index contributed by atoms with van der Waals surface area (Å²) in [5.74, 6) is -1.01. The Kier molecular flexibility index (Phi) is 6.11. The number of carboxylic acid groups (broad SMARTS) is 1. The first kappa shape index (κ1) is 18.8. The summed E-state index contributed by atoms with van der Waals surface area (Å²) in [6, 6.07) is 8.11. The van der Waals surface area contributed by atoms with Crippen LogP contribution in [0.3, 0.4) is 0 Å². The minimum absolute atomic E-state index is 0.0285. The summed E-state index contributed by atoms with van der Waals surface area (Å²) in [7, 11) is 0. The Hall–Kier alpha value is -1.000. The summed E-state index contributed by atoms with van der Waals surface area (Å²) in [5.41, 5.74) is 0. The molecule has 1 fully saturated rings. The third-order valence-electron chi connectivity index (χ3n) is 3.36. The predicted molar refractivity (Wildman–Crippen MR) is 112 cm³/mol. The van der Waals surface area contributed by atoms with Crippen LogP contribution in [0.15, 0.2) is 33.0 Å². The van der Waals surface area contributed by atoms with Gasteiger partial charge in [-0.25, -0.2) is 0 Å². The summed E-state index contributed by atoms with van der Waals surface area (Å²) in [5, 5.41) is 8.71. The number of aliphatic carboxylic acids is 1. The number of hydrogen-bond donors (Lipinski definition) is 1. The minimum atomic E-state index is -0.868. The number of halogens is 1. The van der Waals surface area contributed by atoms with E-state index < -0.39 is 5.97 Å². The van der Waals surface area contributed by atoms with Crippen molar-refractivity contribution in [3.8, 4) is 9.75 Å². The Bertz CT molecular complexity index is 870. The van der Waals surface area contributed by atoms with Crippen molar-refractivity contribution in [1.82, 2.24) is 4.90 Å². The number of amides is 1.